The molecule has 0 atom stereocenters. The van der Waals surface area contributed by atoms with Crippen molar-refractivity contribution in [3.63, 3.8) is 0 Å². The summed E-state index contributed by atoms with van der Waals surface area (Å²) in [6.07, 6.45) is 7.19. The summed E-state index contributed by atoms with van der Waals surface area (Å²) in [6.45, 7) is 3.19. The summed E-state index contributed by atoms with van der Waals surface area (Å²) in [5.74, 6) is -0.147. The smallest absolute Gasteiger partial charge is 0.261 e. The molecule has 0 radical (unpaired) electrons. The summed E-state index contributed by atoms with van der Waals surface area (Å²) in [6, 6.07) is 13.7. The summed E-state index contributed by atoms with van der Waals surface area (Å²) in [4.78, 5) is 18.9. The largest absolute Gasteiger partial charge is 0.338 e. The van der Waals surface area contributed by atoms with Crippen molar-refractivity contribution in [3.8, 4) is 0 Å². The van der Waals surface area contributed by atoms with Crippen LogP contribution in [0.3, 0.4) is 0 Å². The van der Waals surface area contributed by atoms with Gasteiger partial charge in [-0.3, -0.25) is 9.52 Å². The third-order valence-corrected chi connectivity index (χ3v) is 6.77. The molecule has 156 valence electrons. The Morgan fingerprint density at radius 1 is 1.10 bits per heavy atom. The fourth-order valence-corrected chi connectivity index (χ4v) is 4.77. The van der Waals surface area contributed by atoms with Gasteiger partial charge in [0.2, 0.25) is 0 Å². The molecule has 1 saturated heterocycles. The molecule has 2 heterocycles. The van der Waals surface area contributed by atoms with Crippen LogP contribution in [0.25, 0.3) is 0 Å². The van der Waals surface area contributed by atoms with E-state index >= 15 is 0 Å². The average molecular weight is 425 g/mol. The molecule has 1 fully saturated rings. The fraction of sp³-hybridized carbons (Fsp3) is 0.273. The number of carbonyl (C=O) groups is 1. The number of hydrogen-bond acceptors (Lipinski definition) is 4. The lowest BCUT2D eigenvalue weighted by molar-refractivity contribution is 0.0694. The van der Waals surface area contributed by atoms with E-state index in [1.807, 2.05) is 25.3 Å². The van der Waals surface area contributed by atoms with Gasteiger partial charge in [0, 0.05) is 42.8 Å². The van der Waals surface area contributed by atoms with Crippen molar-refractivity contribution in [1.29, 1.82) is 0 Å². The molecule has 4 rings (SSSR count). The molecule has 30 heavy (non-hydrogen) atoms. The van der Waals surface area contributed by atoms with E-state index < -0.39 is 10.0 Å². The molecule has 1 aliphatic heterocycles. The van der Waals surface area contributed by atoms with Crippen LogP contribution in [-0.4, -0.2) is 41.9 Å². The molecule has 1 aromatic heterocycles. The van der Waals surface area contributed by atoms with Gasteiger partial charge in [-0.1, -0.05) is 23.8 Å². The van der Waals surface area contributed by atoms with Crippen LogP contribution >= 0.6 is 0 Å². The van der Waals surface area contributed by atoms with E-state index in [0.717, 1.165) is 18.4 Å². The summed E-state index contributed by atoms with van der Waals surface area (Å²) < 4.78 is 30.2. The molecule has 8 heteroatoms. The Labute approximate surface area is 176 Å². The van der Waals surface area contributed by atoms with Gasteiger partial charge in [-0.25, -0.2) is 13.4 Å². The van der Waals surface area contributed by atoms with E-state index in [2.05, 4.69) is 14.3 Å². The number of sulfonamides is 1. The number of amides is 1. The van der Waals surface area contributed by atoms with Crippen LogP contribution in [-0.2, 0) is 10.0 Å². The van der Waals surface area contributed by atoms with Crippen LogP contribution in [0.2, 0.25) is 0 Å². The number of nitrogens with one attached hydrogen (secondary N) is 1. The predicted octanol–water partition coefficient (Wildman–Crippen LogP) is 3.47. The van der Waals surface area contributed by atoms with E-state index in [4.69, 9.17) is 0 Å². The number of imidazole rings is 1. The monoisotopic (exact) mass is 424 g/mol. The number of likely N-dealkylation sites (tertiary alicyclic amines) is 1. The van der Waals surface area contributed by atoms with Crippen LogP contribution in [0, 0.1) is 6.92 Å². The Kier molecular flexibility index (Phi) is 5.59. The van der Waals surface area contributed by atoms with Gasteiger partial charge in [0.05, 0.1) is 11.2 Å². The highest BCUT2D eigenvalue weighted by Gasteiger charge is 2.25. The van der Waals surface area contributed by atoms with Crippen molar-refractivity contribution in [2.75, 3.05) is 17.8 Å². The van der Waals surface area contributed by atoms with Crippen molar-refractivity contribution < 1.29 is 13.2 Å². The van der Waals surface area contributed by atoms with Gasteiger partial charge in [0.1, 0.15) is 0 Å². The standard InChI is InChI=1S/C22H24N4O3S/c1-17-5-7-19(8-6-17)24-30(28,29)21-4-2-3-18(15-21)22(27)25-12-9-20(10-13-25)26-14-11-23-16-26/h2-8,11,14-16,20,24H,9-10,12-13H2,1H3. The zero-order chi connectivity index (χ0) is 21.1. The summed E-state index contributed by atoms with van der Waals surface area (Å²) in [5, 5.41) is 0. The van der Waals surface area contributed by atoms with E-state index in [-0.39, 0.29) is 10.8 Å². The minimum Gasteiger partial charge on any atom is -0.338 e. The van der Waals surface area contributed by atoms with Crippen LogP contribution in [0.15, 0.2) is 72.1 Å². The Morgan fingerprint density at radius 2 is 1.83 bits per heavy atom. The molecule has 0 unspecified atom stereocenters. The second kappa shape index (κ2) is 8.31. The third-order valence-electron chi connectivity index (χ3n) is 5.39. The van der Waals surface area contributed by atoms with Crippen LogP contribution in [0.4, 0.5) is 5.69 Å². The maximum atomic E-state index is 13.0. The number of aromatic nitrogens is 2. The Balaban J connectivity index is 1.46. The van der Waals surface area contributed by atoms with Gasteiger partial charge in [0.25, 0.3) is 15.9 Å². The minimum atomic E-state index is -3.78. The second-order valence-electron chi connectivity index (χ2n) is 7.53. The number of hydrogen-bond donors (Lipinski definition) is 1. The molecule has 1 amide bonds. The SMILES string of the molecule is Cc1ccc(NS(=O)(=O)c2cccc(C(=O)N3CCC(n4ccnc4)CC3)c2)cc1. The molecule has 0 spiro atoms. The number of piperidine rings is 1. The quantitative estimate of drug-likeness (QED) is 0.680. The highest BCUT2D eigenvalue weighted by atomic mass is 32.2. The molecular formula is C22H24N4O3S. The first-order valence-corrected chi connectivity index (χ1v) is 11.4. The molecule has 0 bridgehead atoms. The van der Waals surface area contributed by atoms with E-state index in [9.17, 15) is 13.2 Å². The summed E-state index contributed by atoms with van der Waals surface area (Å²) in [5.41, 5.74) is 1.91. The number of rotatable bonds is 5. The Morgan fingerprint density at radius 3 is 2.50 bits per heavy atom. The highest BCUT2D eigenvalue weighted by Crippen LogP contribution is 2.24. The maximum Gasteiger partial charge on any atom is 0.261 e. The summed E-state index contributed by atoms with van der Waals surface area (Å²) in [7, 11) is -3.78. The summed E-state index contributed by atoms with van der Waals surface area (Å²) >= 11 is 0. The normalized spacial score (nSPS) is 15.2. The molecule has 1 aliphatic rings. The molecule has 2 aromatic carbocycles. The fourth-order valence-electron chi connectivity index (χ4n) is 3.67. The molecule has 3 aromatic rings. The van der Waals surface area contributed by atoms with Gasteiger partial charge < -0.3 is 9.47 Å². The lowest BCUT2D eigenvalue weighted by Gasteiger charge is -2.32. The Bertz CT molecular complexity index is 1120. The predicted molar refractivity (Wildman–Crippen MR) is 115 cm³/mol. The topological polar surface area (TPSA) is 84.3 Å². The molecule has 0 aliphatic carbocycles. The van der Waals surface area contributed by atoms with Crippen molar-refractivity contribution in [2.45, 2.75) is 30.7 Å². The zero-order valence-corrected chi connectivity index (χ0v) is 17.5. The number of anilines is 1. The van der Waals surface area contributed by atoms with Gasteiger partial charge in [0.15, 0.2) is 0 Å². The van der Waals surface area contributed by atoms with E-state index in [1.54, 1.807) is 41.7 Å². The van der Waals surface area contributed by atoms with E-state index in [0.29, 0.717) is 30.4 Å². The van der Waals surface area contributed by atoms with Crippen molar-refractivity contribution in [2.24, 2.45) is 0 Å². The van der Waals surface area contributed by atoms with Gasteiger partial charge in [-0.2, -0.15) is 0 Å². The lowest BCUT2D eigenvalue weighted by Crippen LogP contribution is -2.39. The number of aryl methyl sites for hydroxylation is 1. The van der Waals surface area contributed by atoms with Gasteiger partial charge >= 0.3 is 0 Å². The van der Waals surface area contributed by atoms with Crippen molar-refractivity contribution in [1.82, 2.24) is 14.5 Å². The van der Waals surface area contributed by atoms with Crippen LogP contribution in [0.5, 0.6) is 0 Å². The maximum absolute atomic E-state index is 13.0. The van der Waals surface area contributed by atoms with Crippen molar-refractivity contribution in [3.05, 3.63) is 78.4 Å². The molecule has 1 N–H and O–H groups in total. The van der Waals surface area contributed by atoms with Crippen molar-refractivity contribution >= 4 is 21.6 Å². The molecule has 0 saturated carbocycles. The highest BCUT2D eigenvalue weighted by molar-refractivity contribution is 7.92. The first-order valence-electron chi connectivity index (χ1n) is 9.89. The average Bonchev–Trinajstić information content (AvgIpc) is 3.30. The number of carbonyl (C=O) groups excluding carboxylic acids is 1. The van der Waals surface area contributed by atoms with E-state index in [1.165, 1.54) is 12.1 Å². The third kappa shape index (κ3) is 4.38. The first-order chi connectivity index (χ1) is 14.4. The van der Waals surface area contributed by atoms with Gasteiger partial charge in [-0.15, -0.1) is 0 Å². The molecule has 7 nitrogen and oxygen atoms in total. The number of nitrogens with zero attached hydrogens (tertiary/aromatic N) is 3. The lowest BCUT2D eigenvalue weighted by atomic mass is 10.0. The van der Waals surface area contributed by atoms with Crippen LogP contribution in [0.1, 0.15) is 34.8 Å². The second-order valence-corrected chi connectivity index (χ2v) is 9.22. The Hall–Kier alpha value is -3.13. The van der Waals surface area contributed by atoms with Gasteiger partial charge in [-0.05, 0) is 50.1 Å². The first kappa shape index (κ1) is 20.2. The number of benzene rings is 2. The zero-order valence-electron chi connectivity index (χ0n) is 16.7. The minimum absolute atomic E-state index is 0.0715. The molecular weight excluding hydrogens is 400 g/mol. The van der Waals surface area contributed by atoms with Crippen LogP contribution < -0.4 is 4.72 Å².